The van der Waals surface area contributed by atoms with E-state index in [2.05, 4.69) is 0 Å². The largest absolute Gasteiger partial charge is 0.383 e. The van der Waals surface area contributed by atoms with E-state index in [1.54, 1.807) is 7.11 Å². The Labute approximate surface area is 66.9 Å². The molecule has 0 amide bonds. The van der Waals surface area contributed by atoms with Gasteiger partial charge in [0.05, 0.1) is 6.61 Å². The molecule has 0 spiro atoms. The molecule has 0 bridgehead atoms. The van der Waals surface area contributed by atoms with Crippen molar-refractivity contribution in [2.75, 3.05) is 13.7 Å². The number of Topliss-reactive ketones (excluding diaryl/α,β-unsaturated/α-hetero) is 1. The van der Waals surface area contributed by atoms with E-state index >= 15 is 0 Å². The Balaban J connectivity index is 2.12. The van der Waals surface area contributed by atoms with Crippen LogP contribution in [0.2, 0.25) is 0 Å². The first-order chi connectivity index (χ1) is 5.24. The molecule has 1 fully saturated rings. The number of hydrogen-bond donors (Lipinski definition) is 1. The quantitative estimate of drug-likeness (QED) is 0.625. The lowest BCUT2D eigenvalue weighted by molar-refractivity contribution is -0.120. The highest BCUT2D eigenvalue weighted by atomic mass is 16.5. The summed E-state index contributed by atoms with van der Waals surface area (Å²) in [6, 6.07) is -0.104. The van der Waals surface area contributed by atoms with Crippen molar-refractivity contribution in [3.8, 4) is 0 Å². The van der Waals surface area contributed by atoms with Gasteiger partial charge in [-0.1, -0.05) is 0 Å². The number of hydrogen-bond acceptors (Lipinski definition) is 3. The van der Waals surface area contributed by atoms with Gasteiger partial charge in [0.2, 0.25) is 0 Å². The van der Waals surface area contributed by atoms with E-state index in [-0.39, 0.29) is 6.04 Å². The van der Waals surface area contributed by atoms with Gasteiger partial charge in [0, 0.05) is 25.5 Å². The van der Waals surface area contributed by atoms with Crippen molar-refractivity contribution in [1.29, 1.82) is 0 Å². The summed E-state index contributed by atoms with van der Waals surface area (Å²) in [5.41, 5.74) is 5.60. The highest BCUT2D eigenvalue weighted by molar-refractivity contribution is 5.83. The van der Waals surface area contributed by atoms with Crippen molar-refractivity contribution in [2.45, 2.75) is 25.3 Å². The lowest BCUT2D eigenvalue weighted by Crippen LogP contribution is -2.29. The maximum absolute atomic E-state index is 11.2. The van der Waals surface area contributed by atoms with Crippen molar-refractivity contribution >= 4 is 5.78 Å². The second kappa shape index (κ2) is 3.83. The number of nitrogens with two attached hydrogens (primary N) is 1. The highest BCUT2D eigenvalue weighted by Crippen LogP contribution is 2.30. The maximum Gasteiger partial charge on any atom is 0.137 e. The SMILES string of the molecule is COCC(N)CC(=O)C1CC1. The van der Waals surface area contributed by atoms with E-state index in [4.69, 9.17) is 10.5 Å². The lowest BCUT2D eigenvalue weighted by Gasteiger charge is -2.07. The van der Waals surface area contributed by atoms with Gasteiger partial charge in [-0.3, -0.25) is 4.79 Å². The molecule has 2 N–H and O–H groups in total. The van der Waals surface area contributed by atoms with Crippen LogP contribution < -0.4 is 5.73 Å². The monoisotopic (exact) mass is 157 g/mol. The van der Waals surface area contributed by atoms with Gasteiger partial charge in [0.15, 0.2) is 0 Å². The van der Waals surface area contributed by atoms with Gasteiger partial charge in [0.25, 0.3) is 0 Å². The van der Waals surface area contributed by atoms with Gasteiger partial charge in [-0.05, 0) is 12.8 Å². The molecule has 1 unspecified atom stereocenters. The summed E-state index contributed by atoms with van der Waals surface area (Å²) in [6.45, 7) is 0.485. The number of ether oxygens (including phenoxy) is 1. The summed E-state index contributed by atoms with van der Waals surface area (Å²) in [5.74, 6) is 0.646. The molecule has 0 aliphatic heterocycles. The third-order valence-corrected chi connectivity index (χ3v) is 1.88. The topological polar surface area (TPSA) is 52.3 Å². The fourth-order valence-electron chi connectivity index (χ4n) is 1.10. The first-order valence-electron chi connectivity index (χ1n) is 4.01. The predicted molar refractivity (Wildman–Crippen MR) is 42.2 cm³/mol. The maximum atomic E-state index is 11.2. The van der Waals surface area contributed by atoms with Crippen LogP contribution >= 0.6 is 0 Å². The summed E-state index contributed by atoms with van der Waals surface area (Å²) in [6.07, 6.45) is 2.62. The van der Waals surface area contributed by atoms with Crippen LogP contribution in [0.5, 0.6) is 0 Å². The molecular weight excluding hydrogens is 142 g/mol. The Kier molecular flexibility index (Phi) is 3.02. The van der Waals surface area contributed by atoms with Gasteiger partial charge in [0.1, 0.15) is 5.78 Å². The molecule has 3 heteroatoms. The minimum absolute atomic E-state index is 0.104. The number of rotatable bonds is 5. The zero-order valence-corrected chi connectivity index (χ0v) is 6.88. The summed E-state index contributed by atoms with van der Waals surface area (Å²) in [5, 5.41) is 0. The van der Waals surface area contributed by atoms with Gasteiger partial charge in [-0.25, -0.2) is 0 Å². The molecule has 64 valence electrons. The zero-order valence-electron chi connectivity index (χ0n) is 6.88. The number of carbonyl (C=O) groups excluding carboxylic acids is 1. The van der Waals surface area contributed by atoms with Crippen LogP contribution in [-0.4, -0.2) is 25.5 Å². The van der Waals surface area contributed by atoms with Crippen LogP contribution in [0, 0.1) is 5.92 Å². The minimum atomic E-state index is -0.104. The summed E-state index contributed by atoms with van der Waals surface area (Å²) in [4.78, 5) is 11.2. The Morgan fingerprint density at radius 2 is 2.36 bits per heavy atom. The van der Waals surface area contributed by atoms with Gasteiger partial charge in [-0.2, -0.15) is 0 Å². The van der Waals surface area contributed by atoms with Gasteiger partial charge >= 0.3 is 0 Å². The van der Waals surface area contributed by atoms with E-state index in [1.165, 1.54) is 0 Å². The average molecular weight is 157 g/mol. The molecule has 1 aliphatic rings. The number of carbonyl (C=O) groups is 1. The van der Waals surface area contributed by atoms with Crippen molar-refractivity contribution in [1.82, 2.24) is 0 Å². The van der Waals surface area contributed by atoms with Gasteiger partial charge in [-0.15, -0.1) is 0 Å². The molecule has 3 nitrogen and oxygen atoms in total. The van der Waals surface area contributed by atoms with Crippen LogP contribution in [-0.2, 0) is 9.53 Å². The molecule has 1 saturated carbocycles. The minimum Gasteiger partial charge on any atom is -0.383 e. The van der Waals surface area contributed by atoms with Crippen molar-refractivity contribution in [2.24, 2.45) is 11.7 Å². The van der Waals surface area contributed by atoms with E-state index in [0.717, 1.165) is 12.8 Å². The number of ketones is 1. The molecule has 0 saturated heterocycles. The predicted octanol–water partition coefficient (Wildman–Crippen LogP) is 0.329. The Morgan fingerprint density at radius 1 is 1.73 bits per heavy atom. The molecule has 1 aliphatic carbocycles. The highest BCUT2D eigenvalue weighted by Gasteiger charge is 2.29. The fraction of sp³-hybridized carbons (Fsp3) is 0.875. The van der Waals surface area contributed by atoms with Crippen LogP contribution in [0.25, 0.3) is 0 Å². The molecule has 1 atom stereocenters. The standard InChI is InChI=1S/C8H15NO2/c1-11-5-7(9)4-8(10)6-2-3-6/h6-7H,2-5,9H2,1H3. The molecule has 0 aromatic heterocycles. The van der Waals surface area contributed by atoms with Crippen molar-refractivity contribution < 1.29 is 9.53 Å². The third-order valence-electron chi connectivity index (χ3n) is 1.88. The van der Waals surface area contributed by atoms with E-state index < -0.39 is 0 Å². The van der Waals surface area contributed by atoms with E-state index in [1.807, 2.05) is 0 Å². The molecule has 1 rings (SSSR count). The smallest absolute Gasteiger partial charge is 0.137 e. The second-order valence-corrected chi connectivity index (χ2v) is 3.16. The van der Waals surface area contributed by atoms with E-state index in [0.29, 0.717) is 24.7 Å². The number of methoxy groups -OCH3 is 1. The van der Waals surface area contributed by atoms with E-state index in [9.17, 15) is 4.79 Å². The molecular formula is C8H15NO2. The summed E-state index contributed by atoms with van der Waals surface area (Å²) < 4.78 is 4.83. The first kappa shape index (κ1) is 8.68. The molecule has 0 aromatic rings. The van der Waals surface area contributed by atoms with Crippen molar-refractivity contribution in [3.05, 3.63) is 0 Å². The third kappa shape index (κ3) is 2.99. The van der Waals surface area contributed by atoms with Crippen LogP contribution in [0.15, 0.2) is 0 Å². The van der Waals surface area contributed by atoms with Crippen molar-refractivity contribution in [3.63, 3.8) is 0 Å². The molecule has 0 radical (unpaired) electrons. The fourth-order valence-corrected chi connectivity index (χ4v) is 1.10. The first-order valence-corrected chi connectivity index (χ1v) is 4.01. The molecule has 0 heterocycles. The summed E-state index contributed by atoms with van der Waals surface area (Å²) >= 11 is 0. The van der Waals surface area contributed by atoms with Gasteiger partial charge < -0.3 is 10.5 Å². The molecule has 11 heavy (non-hydrogen) atoms. The molecule has 0 aromatic carbocycles. The Morgan fingerprint density at radius 3 is 2.82 bits per heavy atom. The lowest BCUT2D eigenvalue weighted by atomic mass is 10.1. The summed E-state index contributed by atoms with van der Waals surface area (Å²) in [7, 11) is 1.60. The Bertz CT molecular complexity index is 143. The average Bonchev–Trinajstić information content (AvgIpc) is 2.67. The van der Waals surface area contributed by atoms with Crippen LogP contribution in [0.1, 0.15) is 19.3 Å². The van der Waals surface area contributed by atoms with Crippen LogP contribution in [0.4, 0.5) is 0 Å². The zero-order chi connectivity index (χ0) is 8.27. The van der Waals surface area contributed by atoms with Crippen LogP contribution in [0.3, 0.4) is 0 Å². The second-order valence-electron chi connectivity index (χ2n) is 3.16. The normalized spacial score (nSPS) is 19.8. The Hall–Kier alpha value is -0.410.